The lowest BCUT2D eigenvalue weighted by atomic mass is 10.4. The van der Waals surface area contributed by atoms with Gasteiger partial charge in [0.2, 0.25) is 5.91 Å². The van der Waals surface area contributed by atoms with Crippen LogP contribution < -0.4 is 5.73 Å². The van der Waals surface area contributed by atoms with Gasteiger partial charge in [0, 0.05) is 6.42 Å². The number of rotatable bonds is 5. The molecule has 0 saturated heterocycles. The van der Waals surface area contributed by atoms with Gasteiger partial charge in [-0.15, -0.1) is 0 Å². The smallest absolute Gasteiger partial charge is 0.219 e. The van der Waals surface area contributed by atoms with Crippen LogP contribution in [0.15, 0.2) is 0 Å². The summed E-state index contributed by atoms with van der Waals surface area (Å²) in [6.45, 7) is 0.156. The van der Waals surface area contributed by atoms with E-state index in [0.717, 1.165) is 0 Å². The molecule has 0 aliphatic rings. The minimum absolute atomic E-state index is 0.160. The zero-order valence-corrected chi connectivity index (χ0v) is 5.13. The Morgan fingerprint density at radius 1 is 1.44 bits per heavy atom. The molecule has 0 saturated carbocycles. The number of carbonyl (C=O) groups is 1. The summed E-state index contributed by atoms with van der Waals surface area (Å²) >= 11 is 0. The number of primary amides is 1. The fourth-order valence-corrected chi connectivity index (χ4v) is 0.334. The van der Waals surface area contributed by atoms with Crippen LogP contribution in [-0.2, 0) is 14.6 Å². The molecular weight excluding hydrogens is 122 g/mol. The second-order valence-electron chi connectivity index (χ2n) is 1.53. The number of ether oxygens (including phenoxy) is 1. The van der Waals surface area contributed by atoms with E-state index in [0.29, 0.717) is 0 Å². The van der Waals surface area contributed by atoms with Crippen LogP contribution in [0.3, 0.4) is 0 Å². The molecular formula is C5H10NO3. The molecule has 1 radical (unpaired) electrons. The first-order valence-electron chi connectivity index (χ1n) is 2.71. The third-order valence-corrected chi connectivity index (χ3v) is 0.720. The highest BCUT2D eigenvalue weighted by Crippen LogP contribution is 1.79. The van der Waals surface area contributed by atoms with Crippen LogP contribution in [0.4, 0.5) is 0 Å². The molecule has 0 aromatic rings. The number of hydrogen-bond acceptors (Lipinski definition) is 2. The average Bonchev–Trinajstić information content (AvgIpc) is 1.80. The third-order valence-electron chi connectivity index (χ3n) is 0.720. The van der Waals surface area contributed by atoms with E-state index >= 15 is 0 Å². The zero-order chi connectivity index (χ0) is 7.11. The summed E-state index contributed by atoms with van der Waals surface area (Å²) < 4.78 is 4.68. The maximum atomic E-state index is 10.0. The summed E-state index contributed by atoms with van der Waals surface area (Å²) in [4.78, 5) is 10.0. The maximum absolute atomic E-state index is 10.0. The van der Waals surface area contributed by atoms with Crippen molar-refractivity contribution in [3.05, 3.63) is 0 Å². The van der Waals surface area contributed by atoms with Crippen molar-refractivity contribution in [3.8, 4) is 0 Å². The van der Waals surface area contributed by atoms with Crippen molar-refractivity contribution in [2.45, 2.75) is 6.42 Å². The van der Waals surface area contributed by atoms with Gasteiger partial charge < -0.3 is 10.5 Å². The van der Waals surface area contributed by atoms with Gasteiger partial charge in [0.1, 0.15) is 6.61 Å². The van der Waals surface area contributed by atoms with Crippen LogP contribution in [0.5, 0.6) is 0 Å². The van der Waals surface area contributed by atoms with E-state index in [-0.39, 0.29) is 26.2 Å². The van der Waals surface area contributed by atoms with Crippen molar-refractivity contribution in [2.24, 2.45) is 5.73 Å². The van der Waals surface area contributed by atoms with Crippen LogP contribution in [0.2, 0.25) is 0 Å². The molecule has 0 aromatic carbocycles. The molecule has 0 fully saturated rings. The van der Waals surface area contributed by atoms with Gasteiger partial charge in [-0.2, -0.15) is 0 Å². The fraction of sp³-hybridized carbons (Fsp3) is 0.800. The third kappa shape index (κ3) is 7.39. The van der Waals surface area contributed by atoms with Gasteiger partial charge in [0.05, 0.1) is 13.2 Å². The summed E-state index contributed by atoms with van der Waals surface area (Å²) in [5.74, 6) is -0.402. The van der Waals surface area contributed by atoms with E-state index in [1.54, 1.807) is 0 Å². The Bertz CT molecular complexity index is 84.3. The highest BCUT2D eigenvalue weighted by molar-refractivity contribution is 5.73. The Hall–Kier alpha value is -0.610. The predicted octanol–water partition coefficient (Wildman–Crippen LogP) is -0.691. The van der Waals surface area contributed by atoms with Gasteiger partial charge in [-0.25, -0.2) is 5.11 Å². The second-order valence-corrected chi connectivity index (χ2v) is 1.53. The van der Waals surface area contributed by atoms with Gasteiger partial charge in [-0.3, -0.25) is 4.79 Å². The number of nitrogens with two attached hydrogens (primary N) is 1. The molecule has 9 heavy (non-hydrogen) atoms. The van der Waals surface area contributed by atoms with Crippen molar-refractivity contribution in [1.29, 1.82) is 0 Å². The number of hydrogen-bond donors (Lipinski definition) is 1. The molecule has 0 heterocycles. The molecule has 4 nitrogen and oxygen atoms in total. The SMILES string of the molecule is NC(=O)CCOCC[O]. The van der Waals surface area contributed by atoms with Crippen molar-refractivity contribution in [3.63, 3.8) is 0 Å². The Morgan fingerprint density at radius 3 is 2.56 bits per heavy atom. The van der Waals surface area contributed by atoms with Crippen LogP contribution >= 0.6 is 0 Å². The van der Waals surface area contributed by atoms with E-state index < -0.39 is 5.91 Å². The molecule has 0 aliphatic heterocycles. The molecule has 0 unspecified atom stereocenters. The minimum atomic E-state index is -0.402. The summed E-state index contributed by atoms with van der Waals surface area (Å²) in [5.41, 5.74) is 4.78. The van der Waals surface area contributed by atoms with E-state index in [4.69, 9.17) is 5.73 Å². The Kier molecular flexibility index (Phi) is 5.15. The second kappa shape index (κ2) is 5.53. The topological polar surface area (TPSA) is 72.2 Å². The molecule has 53 valence electrons. The summed E-state index contributed by atoms with van der Waals surface area (Å²) in [6, 6.07) is 0. The summed E-state index contributed by atoms with van der Waals surface area (Å²) in [5, 5.41) is 9.73. The van der Waals surface area contributed by atoms with Crippen LogP contribution in [0.1, 0.15) is 6.42 Å². The quantitative estimate of drug-likeness (QED) is 0.503. The normalized spacial score (nSPS) is 9.44. The van der Waals surface area contributed by atoms with Gasteiger partial charge in [0.15, 0.2) is 0 Å². The standard InChI is InChI=1S/C5H10NO3/c6-5(8)1-3-9-4-2-7/h1-4H2,(H2,6,8). The first kappa shape index (κ1) is 8.39. The lowest BCUT2D eigenvalue weighted by Crippen LogP contribution is -2.14. The molecule has 0 spiro atoms. The van der Waals surface area contributed by atoms with E-state index in [2.05, 4.69) is 4.74 Å². The number of carbonyl (C=O) groups excluding carboxylic acids is 1. The molecule has 0 atom stereocenters. The van der Waals surface area contributed by atoms with Crippen LogP contribution in [0.25, 0.3) is 0 Å². The minimum Gasteiger partial charge on any atom is -0.378 e. The van der Waals surface area contributed by atoms with E-state index in [1.807, 2.05) is 0 Å². The lowest BCUT2D eigenvalue weighted by Gasteiger charge is -1.96. The number of amides is 1. The lowest BCUT2D eigenvalue weighted by molar-refractivity contribution is -0.119. The van der Waals surface area contributed by atoms with Gasteiger partial charge >= 0.3 is 0 Å². The average molecular weight is 132 g/mol. The zero-order valence-electron chi connectivity index (χ0n) is 5.13. The monoisotopic (exact) mass is 132 g/mol. The van der Waals surface area contributed by atoms with E-state index in [1.165, 1.54) is 0 Å². The van der Waals surface area contributed by atoms with Crippen molar-refractivity contribution < 1.29 is 14.6 Å². The molecule has 2 N–H and O–H groups in total. The van der Waals surface area contributed by atoms with Gasteiger partial charge in [-0.1, -0.05) is 0 Å². The largest absolute Gasteiger partial charge is 0.378 e. The first-order valence-corrected chi connectivity index (χ1v) is 2.71. The molecule has 4 heteroatoms. The molecule has 0 aromatic heterocycles. The van der Waals surface area contributed by atoms with Crippen LogP contribution in [0, 0.1) is 0 Å². The van der Waals surface area contributed by atoms with Crippen molar-refractivity contribution in [2.75, 3.05) is 19.8 Å². The van der Waals surface area contributed by atoms with Crippen LogP contribution in [-0.4, -0.2) is 25.7 Å². The van der Waals surface area contributed by atoms with E-state index in [9.17, 15) is 9.90 Å². The first-order chi connectivity index (χ1) is 4.27. The highest BCUT2D eigenvalue weighted by atomic mass is 16.5. The summed E-state index contributed by atoms with van der Waals surface area (Å²) in [6.07, 6.45) is 0.194. The fourth-order valence-electron chi connectivity index (χ4n) is 0.334. The highest BCUT2D eigenvalue weighted by Gasteiger charge is 1.92. The predicted molar refractivity (Wildman–Crippen MR) is 30.2 cm³/mol. The van der Waals surface area contributed by atoms with Crippen molar-refractivity contribution >= 4 is 5.91 Å². The Balaban J connectivity index is 2.83. The summed E-state index contributed by atoms with van der Waals surface area (Å²) in [7, 11) is 0. The maximum Gasteiger partial charge on any atom is 0.219 e. The van der Waals surface area contributed by atoms with Gasteiger partial charge in [0.25, 0.3) is 0 Å². The van der Waals surface area contributed by atoms with Gasteiger partial charge in [-0.05, 0) is 0 Å². The van der Waals surface area contributed by atoms with Crippen molar-refractivity contribution in [1.82, 2.24) is 0 Å². The Morgan fingerprint density at radius 2 is 2.11 bits per heavy atom. The molecule has 0 rings (SSSR count). The molecule has 1 amide bonds. The molecule has 0 aliphatic carbocycles. The Labute approximate surface area is 53.6 Å². The molecule has 0 bridgehead atoms.